The van der Waals surface area contributed by atoms with Crippen molar-refractivity contribution >= 4 is 17.3 Å². The second-order valence-electron chi connectivity index (χ2n) is 3.72. The van der Waals surface area contributed by atoms with Crippen LogP contribution in [-0.2, 0) is 6.61 Å². The van der Waals surface area contributed by atoms with Gasteiger partial charge < -0.3 is 4.74 Å². The Morgan fingerprint density at radius 2 is 2.30 bits per heavy atom. The summed E-state index contributed by atoms with van der Waals surface area (Å²) in [6.07, 6.45) is 4.93. The fraction of sp³-hybridized carbons (Fsp3) is 0.0909. The minimum absolute atomic E-state index is 0.199. The summed E-state index contributed by atoms with van der Waals surface area (Å²) >= 11 is 1.60. The number of ether oxygens (including phenoxy) is 1. The Labute approximate surface area is 118 Å². The standard InChI is InChI=1S/C11H11N7OS/c12-17-9-14-10(18-4-3-13-7-18)16-11(15-9)19-6-8-2-1-5-20-8/h1-5,7H,6,12H2,(H,14,15,16,17). The lowest BCUT2D eigenvalue weighted by atomic mass is 10.5. The van der Waals surface area contributed by atoms with E-state index in [9.17, 15) is 0 Å². The summed E-state index contributed by atoms with van der Waals surface area (Å²) in [4.78, 5) is 17.4. The highest BCUT2D eigenvalue weighted by Gasteiger charge is 2.08. The predicted octanol–water partition coefficient (Wildman–Crippen LogP) is 0.983. The maximum Gasteiger partial charge on any atom is 0.323 e. The van der Waals surface area contributed by atoms with E-state index in [-0.39, 0.29) is 12.0 Å². The van der Waals surface area contributed by atoms with Crippen LogP contribution >= 0.6 is 11.3 Å². The molecule has 9 heteroatoms. The van der Waals surface area contributed by atoms with Crippen LogP contribution in [-0.4, -0.2) is 24.5 Å². The van der Waals surface area contributed by atoms with E-state index in [1.54, 1.807) is 34.6 Å². The third kappa shape index (κ3) is 2.73. The quantitative estimate of drug-likeness (QED) is 0.533. The largest absolute Gasteiger partial charge is 0.458 e. The number of rotatable bonds is 5. The van der Waals surface area contributed by atoms with Crippen LogP contribution in [0, 0.1) is 0 Å². The summed E-state index contributed by atoms with van der Waals surface area (Å²) < 4.78 is 7.19. The molecule has 3 N–H and O–H groups in total. The predicted molar refractivity (Wildman–Crippen MR) is 73.4 cm³/mol. The molecular formula is C11H11N7OS. The Balaban J connectivity index is 1.84. The van der Waals surface area contributed by atoms with E-state index in [0.717, 1.165) is 4.88 Å². The number of imidazole rings is 1. The van der Waals surface area contributed by atoms with Gasteiger partial charge in [-0.05, 0) is 11.4 Å². The number of nitrogen functional groups attached to an aromatic ring is 1. The zero-order valence-corrected chi connectivity index (χ0v) is 11.1. The van der Waals surface area contributed by atoms with E-state index >= 15 is 0 Å². The Hall–Kier alpha value is -2.52. The molecule has 0 fully saturated rings. The molecule has 0 aliphatic carbocycles. The fourth-order valence-electron chi connectivity index (χ4n) is 1.50. The Kier molecular flexibility index (Phi) is 3.52. The highest BCUT2D eigenvalue weighted by Crippen LogP contribution is 2.14. The molecule has 8 nitrogen and oxygen atoms in total. The monoisotopic (exact) mass is 289 g/mol. The van der Waals surface area contributed by atoms with Gasteiger partial charge >= 0.3 is 6.01 Å². The molecule has 0 bridgehead atoms. The molecule has 0 aromatic carbocycles. The number of anilines is 1. The van der Waals surface area contributed by atoms with Crippen molar-refractivity contribution < 1.29 is 4.74 Å². The molecule has 0 saturated carbocycles. The van der Waals surface area contributed by atoms with Crippen molar-refractivity contribution in [3.05, 3.63) is 41.1 Å². The van der Waals surface area contributed by atoms with Crippen molar-refractivity contribution in [3.63, 3.8) is 0 Å². The normalized spacial score (nSPS) is 10.4. The van der Waals surface area contributed by atoms with Gasteiger partial charge in [-0.1, -0.05) is 6.07 Å². The first-order chi connectivity index (χ1) is 9.85. The highest BCUT2D eigenvalue weighted by molar-refractivity contribution is 7.09. The molecule has 0 spiro atoms. The maximum absolute atomic E-state index is 5.55. The molecule has 102 valence electrons. The highest BCUT2D eigenvalue weighted by atomic mass is 32.1. The van der Waals surface area contributed by atoms with Gasteiger partial charge in [-0.2, -0.15) is 15.0 Å². The van der Waals surface area contributed by atoms with E-state index in [0.29, 0.717) is 12.6 Å². The Morgan fingerprint density at radius 3 is 3.00 bits per heavy atom. The molecule has 0 aliphatic rings. The lowest BCUT2D eigenvalue weighted by Crippen LogP contribution is -2.14. The van der Waals surface area contributed by atoms with Gasteiger partial charge in [-0.15, -0.1) is 11.3 Å². The summed E-state index contributed by atoms with van der Waals surface area (Å²) in [5.41, 5.74) is 2.39. The molecule has 3 aromatic rings. The number of aromatic nitrogens is 5. The number of nitrogens with two attached hydrogens (primary N) is 1. The van der Waals surface area contributed by atoms with Crippen LogP contribution in [0.4, 0.5) is 5.95 Å². The number of hydrogen-bond donors (Lipinski definition) is 2. The topological polar surface area (TPSA) is 104 Å². The zero-order valence-electron chi connectivity index (χ0n) is 10.3. The lowest BCUT2D eigenvalue weighted by Gasteiger charge is -2.07. The minimum atomic E-state index is 0.199. The van der Waals surface area contributed by atoms with E-state index in [1.807, 2.05) is 17.5 Å². The van der Waals surface area contributed by atoms with E-state index in [2.05, 4.69) is 25.4 Å². The molecule has 3 rings (SSSR count). The number of hydrazine groups is 1. The van der Waals surface area contributed by atoms with Gasteiger partial charge in [0.25, 0.3) is 0 Å². The van der Waals surface area contributed by atoms with Gasteiger partial charge in [0.15, 0.2) is 0 Å². The van der Waals surface area contributed by atoms with Crippen LogP contribution in [0.1, 0.15) is 4.88 Å². The molecule has 0 radical (unpaired) electrons. The van der Waals surface area contributed by atoms with Gasteiger partial charge in [0, 0.05) is 17.3 Å². The molecular weight excluding hydrogens is 278 g/mol. The van der Waals surface area contributed by atoms with Crippen LogP contribution in [0.25, 0.3) is 5.95 Å². The third-order valence-corrected chi connectivity index (χ3v) is 3.24. The summed E-state index contributed by atoms with van der Waals surface area (Å²) in [7, 11) is 0. The molecule has 0 aliphatic heterocycles. The molecule has 0 atom stereocenters. The first-order valence-electron chi connectivity index (χ1n) is 5.71. The summed E-state index contributed by atoms with van der Waals surface area (Å²) in [6, 6.07) is 4.13. The molecule has 20 heavy (non-hydrogen) atoms. The number of thiophene rings is 1. The molecule has 0 saturated heterocycles. The van der Waals surface area contributed by atoms with Gasteiger partial charge in [0.05, 0.1) is 0 Å². The van der Waals surface area contributed by atoms with Crippen LogP contribution in [0.3, 0.4) is 0 Å². The first-order valence-corrected chi connectivity index (χ1v) is 6.59. The van der Waals surface area contributed by atoms with E-state index < -0.39 is 0 Å². The smallest absolute Gasteiger partial charge is 0.323 e. The van der Waals surface area contributed by atoms with Crippen molar-refractivity contribution in [3.8, 4) is 12.0 Å². The number of nitrogens with zero attached hydrogens (tertiary/aromatic N) is 5. The minimum Gasteiger partial charge on any atom is -0.458 e. The number of hydrogen-bond acceptors (Lipinski definition) is 8. The Morgan fingerprint density at radius 1 is 1.35 bits per heavy atom. The van der Waals surface area contributed by atoms with E-state index in [1.165, 1.54) is 0 Å². The van der Waals surface area contributed by atoms with Crippen LogP contribution in [0.15, 0.2) is 36.2 Å². The van der Waals surface area contributed by atoms with E-state index in [4.69, 9.17) is 10.6 Å². The second kappa shape index (κ2) is 5.63. The zero-order chi connectivity index (χ0) is 13.8. The SMILES string of the molecule is NNc1nc(OCc2cccs2)nc(-n2ccnc2)n1. The molecule has 0 unspecified atom stereocenters. The third-order valence-electron chi connectivity index (χ3n) is 2.39. The van der Waals surface area contributed by atoms with Crippen molar-refractivity contribution in [2.75, 3.05) is 5.43 Å². The average molecular weight is 289 g/mol. The maximum atomic E-state index is 5.55. The summed E-state index contributed by atoms with van der Waals surface area (Å²) in [5.74, 6) is 5.96. The molecule has 0 amide bonds. The summed E-state index contributed by atoms with van der Waals surface area (Å²) in [6.45, 7) is 0.398. The van der Waals surface area contributed by atoms with Crippen molar-refractivity contribution in [2.45, 2.75) is 6.61 Å². The van der Waals surface area contributed by atoms with Gasteiger partial charge in [0.2, 0.25) is 11.9 Å². The van der Waals surface area contributed by atoms with Gasteiger partial charge in [-0.25, -0.2) is 10.8 Å². The van der Waals surface area contributed by atoms with Gasteiger partial charge in [-0.3, -0.25) is 9.99 Å². The van der Waals surface area contributed by atoms with Crippen molar-refractivity contribution in [1.29, 1.82) is 0 Å². The lowest BCUT2D eigenvalue weighted by molar-refractivity contribution is 0.283. The fourth-order valence-corrected chi connectivity index (χ4v) is 2.11. The number of nitrogens with one attached hydrogen (secondary N) is 1. The van der Waals surface area contributed by atoms with Crippen LogP contribution in [0.5, 0.6) is 6.01 Å². The molecule has 3 heterocycles. The Bertz CT molecular complexity index is 668. The summed E-state index contributed by atoms with van der Waals surface area (Å²) in [5, 5.41) is 1.98. The average Bonchev–Trinajstić information content (AvgIpc) is 3.17. The van der Waals surface area contributed by atoms with Crippen molar-refractivity contribution in [2.24, 2.45) is 5.84 Å². The van der Waals surface area contributed by atoms with Crippen LogP contribution in [0.2, 0.25) is 0 Å². The van der Waals surface area contributed by atoms with Crippen LogP contribution < -0.4 is 16.0 Å². The first kappa shape index (κ1) is 12.5. The molecule has 3 aromatic heterocycles. The van der Waals surface area contributed by atoms with Gasteiger partial charge in [0.1, 0.15) is 12.9 Å². The second-order valence-corrected chi connectivity index (χ2v) is 4.76. The van der Waals surface area contributed by atoms with Crippen molar-refractivity contribution in [1.82, 2.24) is 24.5 Å².